The molecule has 1 aromatic carbocycles. The van der Waals surface area contributed by atoms with Crippen molar-refractivity contribution in [2.45, 2.75) is 11.3 Å². The number of rotatable bonds is 5. The van der Waals surface area contributed by atoms with Crippen LogP contribution < -0.4 is 34.3 Å². The summed E-state index contributed by atoms with van der Waals surface area (Å²) in [6.07, 6.45) is 0.279. The first-order valence-electron chi connectivity index (χ1n) is 4.29. The minimum atomic E-state index is -4.41. The number of ether oxygens (including phenoxy) is 1. The fourth-order valence-electron chi connectivity index (χ4n) is 0.947. The van der Waals surface area contributed by atoms with Crippen LogP contribution in [0.4, 0.5) is 4.39 Å². The molecule has 16 heavy (non-hydrogen) atoms. The predicted octanol–water partition coefficient (Wildman–Crippen LogP) is -1.67. The van der Waals surface area contributed by atoms with E-state index >= 15 is 0 Å². The molecule has 0 unspecified atom stereocenters. The van der Waals surface area contributed by atoms with Crippen molar-refractivity contribution in [1.29, 1.82) is 0 Å². The third-order valence-corrected chi connectivity index (χ3v) is 2.51. The van der Waals surface area contributed by atoms with Crippen molar-refractivity contribution in [2.75, 3.05) is 13.3 Å². The fraction of sp³-hybridized carbons (Fsp3) is 0.333. The standard InChI is InChI=1S/C9H11FO4S.Na/c10-6-1-7-14-8-2-4-9(5-3-8)15(11,12)13;/h2-5H,1,6-7H2,(H,11,12,13);/q;+1/p-1. The Kier molecular flexibility index (Phi) is 7.17. The molecule has 0 aliphatic heterocycles. The van der Waals surface area contributed by atoms with Crippen molar-refractivity contribution in [2.24, 2.45) is 0 Å². The maximum absolute atomic E-state index is 11.7. The van der Waals surface area contributed by atoms with Crippen molar-refractivity contribution < 1.29 is 51.7 Å². The first-order valence-corrected chi connectivity index (χ1v) is 5.69. The zero-order chi connectivity index (χ0) is 11.3. The van der Waals surface area contributed by atoms with Gasteiger partial charge in [-0.15, -0.1) is 0 Å². The fourth-order valence-corrected chi connectivity index (χ4v) is 1.42. The van der Waals surface area contributed by atoms with E-state index in [9.17, 15) is 17.4 Å². The number of hydrogen-bond acceptors (Lipinski definition) is 4. The smallest absolute Gasteiger partial charge is 0.744 e. The number of alkyl halides is 1. The average Bonchev–Trinajstić information content (AvgIpc) is 2.18. The van der Waals surface area contributed by atoms with Gasteiger partial charge in [0, 0.05) is 6.42 Å². The molecule has 84 valence electrons. The quantitative estimate of drug-likeness (QED) is 0.359. The molecule has 0 aromatic heterocycles. The van der Waals surface area contributed by atoms with Gasteiger partial charge in [-0.3, -0.25) is 4.39 Å². The van der Waals surface area contributed by atoms with Crippen LogP contribution in [0.25, 0.3) is 0 Å². The molecule has 0 atom stereocenters. The second kappa shape index (κ2) is 7.24. The van der Waals surface area contributed by atoms with Gasteiger partial charge in [0.15, 0.2) is 0 Å². The van der Waals surface area contributed by atoms with E-state index in [2.05, 4.69) is 0 Å². The molecule has 0 amide bonds. The number of hydrogen-bond donors (Lipinski definition) is 0. The Bertz CT molecular complexity index is 404. The van der Waals surface area contributed by atoms with E-state index in [1.165, 1.54) is 12.1 Å². The van der Waals surface area contributed by atoms with Gasteiger partial charge in [-0.25, -0.2) is 8.42 Å². The molecule has 0 aliphatic carbocycles. The van der Waals surface area contributed by atoms with Crippen LogP contribution >= 0.6 is 0 Å². The zero-order valence-corrected chi connectivity index (χ0v) is 11.7. The molecule has 0 bridgehead atoms. The van der Waals surface area contributed by atoms with Gasteiger partial charge >= 0.3 is 29.6 Å². The molecule has 0 aliphatic rings. The summed E-state index contributed by atoms with van der Waals surface area (Å²) in [6, 6.07) is 5.05. The van der Waals surface area contributed by atoms with Gasteiger partial charge < -0.3 is 9.29 Å². The molecule has 7 heteroatoms. The predicted molar refractivity (Wildman–Crippen MR) is 50.5 cm³/mol. The van der Waals surface area contributed by atoms with Gasteiger partial charge in [0.05, 0.1) is 18.2 Å². The monoisotopic (exact) mass is 256 g/mol. The van der Waals surface area contributed by atoms with E-state index in [0.29, 0.717) is 5.75 Å². The van der Waals surface area contributed by atoms with Crippen molar-refractivity contribution >= 4 is 10.1 Å². The topological polar surface area (TPSA) is 66.4 Å². The zero-order valence-electron chi connectivity index (χ0n) is 8.85. The van der Waals surface area contributed by atoms with Crippen molar-refractivity contribution in [3.8, 4) is 5.75 Å². The molecule has 0 radical (unpaired) electrons. The Morgan fingerprint density at radius 3 is 2.25 bits per heavy atom. The third kappa shape index (κ3) is 5.27. The summed E-state index contributed by atoms with van der Waals surface area (Å²) in [5.74, 6) is 0.413. The van der Waals surface area contributed by atoms with Crippen LogP contribution in [-0.2, 0) is 10.1 Å². The van der Waals surface area contributed by atoms with E-state index in [1.807, 2.05) is 0 Å². The van der Waals surface area contributed by atoms with Gasteiger partial charge in [-0.05, 0) is 24.3 Å². The molecule has 1 rings (SSSR count). The maximum atomic E-state index is 11.7. The van der Waals surface area contributed by atoms with E-state index in [1.54, 1.807) is 0 Å². The summed E-state index contributed by atoms with van der Waals surface area (Å²) in [5.41, 5.74) is 0. The average molecular weight is 256 g/mol. The minimum Gasteiger partial charge on any atom is -0.744 e. The first kappa shape index (κ1) is 15.9. The van der Waals surface area contributed by atoms with Crippen LogP contribution in [0.2, 0.25) is 0 Å². The molecule has 0 heterocycles. The van der Waals surface area contributed by atoms with Gasteiger partial charge in [0.1, 0.15) is 15.9 Å². The summed E-state index contributed by atoms with van der Waals surface area (Å²) < 4.78 is 48.5. The minimum absolute atomic E-state index is 0. The van der Waals surface area contributed by atoms with E-state index < -0.39 is 16.8 Å². The summed E-state index contributed by atoms with van der Waals surface area (Å²) >= 11 is 0. The van der Waals surface area contributed by atoms with Crippen LogP contribution in [-0.4, -0.2) is 26.3 Å². The second-order valence-electron chi connectivity index (χ2n) is 2.82. The Balaban J connectivity index is 0.00000225. The van der Waals surface area contributed by atoms with Crippen LogP contribution in [0.1, 0.15) is 6.42 Å². The molecular weight excluding hydrogens is 246 g/mol. The van der Waals surface area contributed by atoms with Crippen LogP contribution in [0.15, 0.2) is 29.2 Å². The Hall–Kier alpha value is -0.140. The molecule has 4 nitrogen and oxygen atoms in total. The first-order chi connectivity index (χ1) is 7.04. The summed E-state index contributed by atoms with van der Waals surface area (Å²) in [4.78, 5) is -0.305. The van der Waals surface area contributed by atoms with Gasteiger partial charge in [-0.1, -0.05) is 0 Å². The number of benzene rings is 1. The molecule has 0 spiro atoms. The van der Waals surface area contributed by atoms with Gasteiger partial charge in [-0.2, -0.15) is 0 Å². The van der Waals surface area contributed by atoms with Crippen molar-refractivity contribution in [3.63, 3.8) is 0 Å². The van der Waals surface area contributed by atoms with E-state index in [4.69, 9.17) is 4.74 Å². The van der Waals surface area contributed by atoms with Crippen molar-refractivity contribution in [3.05, 3.63) is 24.3 Å². The molecule has 0 fully saturated rings. The molecule has 0 saturated carbocycles. The molecular formula is C9H10FNaO4S. The number of halogens is 1. The maximum Gasteiger partial charge on any atom is 1.00 e. The molecule has 1 aromatic rings. The van der Waals surface area contributed by atoms with Crippen LogP contribution in [0.5, 0.6) is 5.75 Å². The Morgan fingerprint density at radius 1 is 1.25 bits per heavy atom. The third-order valence-electron chi connectivity index (χ3n) is 1.66. The SMILES string of the molecule is O=S(=O)([O-])c1ccc(OCCCF)cc1.[Na+]. The van der Waals surface area contributed by atoms with Crippen LogP contribution in [0, 0.1) is 0 Å². The summed E-state index contributed by atoms with van der Waals surface area (Å²) in [6.45, 7) is -0.243. The van der Waals surface area contributed by atoms with Gasteiger partial charge in [0.25, 0.3) is 0 Å². The second-order valence-corrected chi connectivity index (χ2v) is 4.20. The van der Waals surface area contributed by atoms with Gasteiger partial charge in [0.2, 0.25) is 0 Å². The van der Waals surface area contributed by atoms with Crippen molar-refractivity contribution in [1.82, 2.24) is 0 Å². The summed E-state index contributed by atoms with van der Waals surface area (Å²) in [5, 5.41) is 0. The van der Waals surface area contributed by atoms with Crippen LogP contribution in [0.3, 0.4) is 0 Å². The van der Waals surface area contributed by atoms with E-state index in [0.717, 1.165) is 12.1 Å². The Morgan fingerprint density at radius 2 is 1.81 bits per heavy atom. The normalized spacial score (nSPS) is 10.6. The van der Waals surface area contributed by atoms with E-state index in [-0.39, 0.29) is 47.5 Å². The molecule has 0 saturated heterocycles. The largest absolute Gasteiger partial charge is 1.00 e. The summed E-state index contributed by atoms with van der Waals surface area (Å²) in [7, 11) is -4.41. The molecule has 0 N–H and O–H groups in total. The Labute approximate surface area is 116 Å².